The lowest BCUT2D eigenvalue weighted by atomic mass is 10.1. The quantitative estimate of drug-likeness (QED) is 0.162. The van der Waals surface area contributed by atoms with Gasteiger partial charge in [0.05, 0.1) is 31.1 Å². The monoisotopic (exact) mass is 527 g/mol. The highest BCUT2D eigenvalue weighted by molar-refractivity contribution is 7.59. The highest BCUT2D eigenvalue weighted by Gasteiger charge is 2.59. The zero-order valence-corrected chi connectivity index (χ0v) is 22.0. The maximum Gasteiger partial charge on any atom is 0.323 e. The van der Waals surface area contributed by atoms with E-state index >= 15 is 0 Å². The lowest BCUT2D eigenvalue weighted by molar-refractivity contribution is -0.153. The van der Waals surface area contributed by atoms with E-state index in [1.54, 1.807) is 32.3 Å². The van der Waals surface area contributed by atoms with Crippen LogP contribution < -0.4 is 21.5 Å². The van der Waals surface area contributed by atoms with Crippen LogP contribution in [-0.2, 0) is 34.9 Å². The van der Waals surface area contributed by atoms with E-state index in [2.05, 4.69) is 25.1 Å². The Hall–Kier alpha value is -2.80. The number of nitrogens with one attached hydrogen (secondary N) is 3. The van der Waals surface area contributed by atoms with Gasteiger partial charge < -0.3 is 24.5 Å². The van der Waals surface area contributed by atoms with Gasteiger partial charge in [-0.3, -0.25) is 23.9 Å². The second kappa shape index (κ2) is 11.1. The molecule has 0 spiro atoms. The average molecular weight is 528 g/mol. The van der Waals surface area contributed by atoms with Crippen molar-refractivity contribution in [2.24, 2.45) is 5.41 Å². The minimum Gasteiger partial charge on any atom is -0.465 e. The van der Waals surface area contributed by atoms with Gasteiger partial charge in [0, 0.05) is 12.6 Å². The first-order valence-electron chi connectivity index (χ1n) is 11.7. The average Bonchev–Trinajstić information content (AvgIpc) is 3.24. The Balaban J connectivity index is 1.66. The van der Waals surface area contributed by atoms with Gasteiger partial charge in [-0.25, -0.2) is 15.2 Å². The number of aromatic nitrogens is 4. The summed E-state index contributed by atoms with van der Waals surface area (Å²) in [5.74, 6) is -0.977. The number of anilines is 1. The maximum absolute atomic E-state index is 13.8. The van der Waals surface area contributed by atoms with Crippen molar-refractivity contribution in [1.82, 2.24) is 29.7 Å². The van der Waals surface area contributed by atoms with Crippen molar-refractivity contribution in [2.75, 3.05) is 25.3 Å². The standard InChI is InChI=1S/C21H34N7O7P/c1-6-34-18(30)13(4)26-36(32,27-14-9-21(14,5)19(31)35-12(2)3)11-33-8-7-28-10-23-15-16(28)24-20(22)25-17(15)29/h10,12-14H,6-9,11H2,1-5H3,(H2,26,27,32)(H3,22,24,25,29)/t13-,14?,21+,36?/m0/s1. The molecule has 1 fully saturated rings. The lowest BCUT2D eigenvalue weighted by Crippen LogP contribution is -2.40. The predicted octanol–water partition coefficient (Wildman–Crippen LogP) is 0.730. The molecule has 2 unspecified atom stereocenters. The Kier molecular flexibility index (Phi) is 8.55. The molecule has 0 bridgehead atoms. The molecule has 0 aliphatic heterocycles. The van der Waals surface area contributed by atoms with Crippen LogP contribution in [0.25, 0.3) is 11.2 Å². The first-order valence-corrected chi connectivity index (χ1v) is 13.6. The summed E-state index contributed by atoms with van der Waals surface area (Å²) < 4.78 is 31.4. The summed E-state index contributed by atoms with van der Waals surface area (Å²) >= 11 is 0. The van der Waals surface area contributed by atoms with Crippen molar-refractivity contribution in [3.05, 3.63) is 16.7 Å². The zero-order valence-electron chi connectivity index (χ0n) is 21.1. The summed E-state index contributed by atoms with van der Waals surface area (Å²) in [6, 6.07) is -1.30. The Morgan fingerprint density at radius 1 is 1.39 bits per heavy atom. The van der Waals surface area contributed by atoms with E-state index in [1.165, 1.54) is 13.3 Å². The van der Waals surface area contributed by atoms with Gasteiger partial charge in [-0.15, -0.1) is 0 Å². The second-order valence-electron chi connectivity index (χ2n) is 9.20. The molecule has 2 aromatic rings. The third-order valence-corrected chi connectivity index (χ3v) is 7.77. The molecule has 1 saturated carbocycles. The van der Waals surface area contributed by atoms with E-state index in [4.69, 9.17) is 19.9 Å². The number of H-pyrrole nitrogens is 1. The highest BCUT2D eigenvalue weighted by atomic mass is 31.2. The van der Waals surface area contributed by atoms with Crippen molar-refractivity contribution in [3.8, 4) is 0 Å². The van der Waals surface area contributed by atoms with Gasteiger partial charge in [0.2, 0.25) is 13.4 Å². The van der Waals surface area contributed by atoms with Crippen LogP contribution >= 0.6 is 7.44 Å². The van der Waals surface area contributed by atoms with Crippen molar-refractivity contribution < 1.29 is 28.4 Å². The van der Waals surface area contributed by atoms with Crippen LogP contribution in [0.4, 0.5) is 5.95 Å². The molecular weight excluding hydrogens is 493 g/mol. The van der Waals surface area contributed by atoms with Gasteiger partial charge in [0.15, 0.2) is 11.2 Å². The SMILES string of the molecule is CCOC(=O)[C@H](C)NP(=O)(COCCn1cnc2c(=O)[nH]c(N)nc21)NC1C[C@@]1(C)C(=O)OC(C)C. The summed E-state index contributed by atoms with van der Waals surface area (Å²) in [6.07, 6.45) is 1.32. The molecule has 1 aliphatic carbocycles. The molecule has 5 N–H and O–H groups in total. The molecule has 0 aromatic carbocycles. The Morgan fingerprint density at radius 3 is 2.78 bits per heavy atom. The highest BCUT2D eigenvalue weighted by Crippen LogP contribution is 2.52. The number of fused-ring (bicyclic) bond motifs is 1. The number of rotatable bonds is 13. The molecule has 0 saturated heterocycles. The number of nitrogens with zero attached hydrogens (tertiary/aromatic N) is 3. The Bertz CT molecular complexity index is 1210. The molecule has 36 heavy (non-hydrogen) atoms. The van der Waals surface area contributed by atoms with E-state index in [9.17, 15) is 18.9 Å². The fourth-order valence-electron chi connectivity index (χ4n) is 3.61. The first kappa shape index (κ1) is 27.8. The molecule has 1 aliphatic rings. The van der Waals surface area contributed by atoms with Crippen molar-refractivity contribution in [1.29, 1.82) is 0 Å². The largest absolute Gasteiger partial charge is 0.465 e. The Labute approximate surface area is 208 Å². The third-order valence-electron chi connectivity index (χ3n) is 5.70. The predicted molar refractivity (Wildman–Crippen MR) is 131 cm³/mol. The topological polar surface area (TPSA) is 193 Å². The number of hydrogen-bond acceptors (Lipinski definition) is 10. The van der Waals surface area contributed by atoms with Gasteiger partial charge in [-0.1, -0.05) is 0 Å². The molecule has 3 rings (SSSR count). The van der Waals surface area contributed by atoms with Crippen molar-refractivity contribution in [3.63, 3.8) is 0 Å². The van der Waals surface area contributed by atoms with Gasteiger partial charge >= 0.3 is 11.9 Å². The molecule has 2 heterocycles. The minimum absolute atomic E-state index is 0.0375. The molecular formula is C21H34N7O7P. The number of imidazole rings is 1. The molecule has 4 atom stereocenters. The van der Waals surface area contributed by atoms with E-state index in [-0.39, 0.29) is 49.6 Å². The number of carbonyl (C=O) groups excluding carboxylic acids is 2. The van der Waals surface area contributed by atoms with Crippen LogP contribution in [0.3, 0.4) is 0 Å². The summed E-state index contributed by atoms with van der Waals surface area (Å²) in [5.41, 5.74) is 4.77. The summed E-state index contributed by atoms with van der Waals surface area (Å²) in [5, 5.41) is 5.80. The number of hydrogen-bond donors (Lipinski definition) is 4. The van der Waals surface area contributed by atoms with Crippen LogP contribution in [0.5, 0.6) is 0 Å². The molecule has 2 aromatic heterocycles. The third kappa shape index (κ3) is 6.49. The van der Waals surface area contributed by atoms with E-state index in [1.807, 2.05) is 0 Å². The first-order chi connectivity index (χ1) is 16.9. The van der Waals surface area contributed by atoms with Gasteiger partial charge in [0.25, 0.3) is 5.56 Å². The van der Waals surface area contributed by atoms with E-state index in [0.29, 0.717) is 12.1 Å². The van der Waals surface area contributed by atoms with Crippen molar-refractivity contribution >= 4 is 36.5 Å². The number of carbonyl (C=O) groups is 2. The fraction of sp³-hybridized carbons (Fsp3) is 0.667. The maximum atomic E-state index is 13.8. The number of aromatic amines is 1. The molecule has 200 valence electrons. The van der Waals surface area contributed by atoms with Crippen LogP contribution in [-0.4, -0.2) is 69.2 Å². The van der Waals surface area contributed by atoms with Gasteiger partial charge in [0.1, 0.15) is 12.4 Å². The number of nitrogen functional groups attached to an aromatic ring is 1. The summed E-state index contributed by atoms with van der Waals surface area (Å²) in [6.45, 7) is 9.00. The minimum atomic E-state index is -3.52. The summed E-state index contributed by atoms with van der Waals surface area (Å²) in [7, 11) is -3.52. The Morgan fingerprint density at radius 2 is 2.11 bits per heavy atom. The summed E-state index contributed by atoms with van der Waals surface area (Å²) in [4.78, 5) is 47.1. The second-order valence-corrected chi connectivity index (χ2v) is 11.5. The van der Waals surface area contributed by atoms with E-state index in [0.717, 1.165) is 0 Å². The van der Waals surface area contributed by atoms with E-state index < -0.39 is 36.5 Å². The lowest BCUT2D eigenvalue weighted by Gasteiger charge is -2.25. The van der Waals surface area contributed by atoms with Crippen LogP contribution in [0.15, 0.2) is 11.1 Å². The van der Waals surface area contributed by atoms with Crippen LogP contribution in [0, 0.1) is 5.41 Å². The molecule has 15 heteroatoms. The molecule has 14 nitrogen and oxygen atoms in total. The molecule has 0 amide bonds. The fourth-order valence-corrected chi connectivity index (χ4v) is 5.83. The van der Waals surface area contributed by atoms with Crippen LogP contribution in [0.1, 0.15) is 41.0 Å². The smallest absolute Gasteiger partial charge is 0.323 e. The normalized spacial score (nSPS) is 21.8. The van der Waals surface area contributed by atoms with Gasteiger partial charge in [-0.2, -0.15) is 4.98 Å². The van der Waals surface area contributed by atoms with Crippen LogP contribution in [0.2, 0.25) is 0 Å². The number of esters is 2. The van der Waals surface area contributed by atoms with Gasteiger partial charge in [-0.05, 0) is 41.0 Å². The zero-order chi connectivity index (χ0) is 26.7. The number of ether oxygens (including phenoxy) is 3. The van der Waals surface area contributed by atoms with Crippen molar-refractivity contribution in [2.45, 2.75) is 65.8 Å². The number of nitrogens with two attached hydrogens (primary N) is 1. The molecule has 0 radical (unpaired) electrons.